The van der Waals surface area contributed by atoms with E-state index in [0.29, 0.717) is 0 Å². The zero-order valence-corrected chi connectivity index (χ0v) is 24.5. The largest absolute Gasteiger partial charge is 0.456 e. The van der Waals surface area contributed by atoms with Gasteiger partial charge < -0.3 is 14.2 Å². The lowest BCUT2D eigenvalue weighted by molar-refractivity contribution is 0.669. The van der Waals surface area contributed by atoms with Gasteiger partial charge in [-0.3, -0.25) is 0 Å². The summed E-state index contributed by atoms with van der Waals surface area (Å²) in [5.74, 6) is 0. The maximum atomic E-state index is 6.14. The monoisotopic (exact) mass is 576 g/mol. The van der Waals surface area contributed by atoms with Crippen LogP contribution in [-0.2, 0) is 0 Å². The third-order valence-corrected chi connectivity index (χ3v) is 9.75. The molecular formula is C42H28N2O. The molecule has 0 N–H and O–H groups in total. The molecule has 45 heavy (non-hydrogen) atoms. The molecule has 2 aliphatic heterocycles. The Balaban J connectivity index is 1.15. The molecule has 0 radical (unpaired) electrons. The first-order valence-electron chi connectivity index (χ1n) is 15.6. The Hall–Kier alpha value is -5.80. The number of rotatable bonds is 3. The van der Waals surface area contributed by atoms with E-state index < -0.39 is 0 Å². The van der Waals surface area contributed by atoms with E-state index in [-0.39, 0.29) is 12.1 Å². The number of para-hydroxylation sites is 4. The quantitative estimate of drug-likeness (QED) is 0.209. The first-order chi connectivity index (χ1) is 22.3. The molecule has 3 nitrogen and oxygen atoms in total. The first kappa shape index (κ1) is 24.6. The van der Waals surface area contributed by atoms with E-state index in [4.69, 9.17) is 4.42 Å². The number of allylic oxidation sites excluding steroid dienone is 2. The van der Waals surface area contributed by atoms with E-state index >= 15 is 0 Å². The predicted molar refractivity (Wildman–Crippen MR) is 186 cm³/mol. The van der Waals surface area contributed by atoms with Crippen LogP contribution in [-0.4, -0.2) is 12.1 Å². The summed E-state index contributed by atoms with van der Waals surface area (Å²) in [6, 6.07) is 52.7. The van der Waals surface area contributed by atoms with Gasteiger partial charge in [-0.2, -0.15) is 0 Å². The summed E-state index contributed by atoms with van der Waals surface area (Å²) in [7, 11) is 0. The molecule has 3 aliphatic rings. The van der Waals surface area contributed by atoms with Gasteiger partial charge in [0, 0.05) is 44.6 Å². The van der Waals surface area contributed by atoms with Gasteiger partial charge in [0.15, 0.2) is 0 Å². The molecule has 0 fully saturated rings. The van der Waals surface area contributed by atoms with E-state index in [2.05, 4.69) is 155 Å². The van der Waals surface area contributed by atoms with Gasteiger partial charge >= 0.3 is 0 Å². The lowest BCUT2D eigenvalue weighted by Crippen LogP contribution is -2.46. The predicted octanol–water partition coefficient (Wildman–Crippen LogP) is 10.8. The smallest absolute Gasteiger partial charge is 0.135 e. The van der Waals surface area contributed by atoms with E-state index in [1.54, 1.807) is 0 Å². The van der Waals surface area contributed by atoms with Crippen molar-refractivity contribution in [3.63, 3.8) is 0 Å². The topological polar surface area (TPSA) is 19.6 Å². The number of hydrogen-bond donors (Lipinski definition) is 0. The third-order valence-electron chi connectivity index (χ3n) is 9.75. The molecule has 1 aliphatic carbocycles. The molecule has 2 unspecified atom stereocenters. The number of hydrogen-bond acceptors (Lipinski definition) is 3. The van der Waals surface area contributed by atoms with Crippen LogP contribution in [0.3, 0.4) is 0 Å². The molecule has 3 heterocycles. The molecule has 3 heteroatoms. The van der Waals surface area contributed by atoms with Crippen molar-refractivity contribution in [2.24, 2.45) is 0 Å². The van der Waals surface area contributed by atoms with Crippen LogP contribution in [0, 0.1) is 0 Å². The summed E-state index contributed by atoms with van der Waals surface area (Å²) in [6.07, 6.45) is 4.72. The molecule has 0 saturated carbocycles. The van der Waals surface area contributed by atoms with Crippen molar-refractivity contribution in [3.05, 3.63) is 169 Å². The minimum atomic E-state index is 0.102. The summed E-state index contributed by atoms with van der Waals surface area (Å²) in [5.41, 5.74) is 14.5. The molecule has 10 rings (SSSR count). The number of anilines is 4. The SMILES string of the molecule is C1=C2c3ccccc3N(c3ccccc3)C2C2C(=C1)c1ccccc1N2c1cccc(-c2ccc3oc4ccccc4c3c2)c1. The summed E-state index contributed by atoms with van der Waals surface area (Å²) in [5, 5.41) is 2.30. The van der Waals surface area contributed by atoms with Crippen LogP contribution in [0.4, 0.5) is 22.7 Å². The molecule has 6 aromatic carbocycles. The maximum Gasteiger partial charge on any atom is 0.135 e. The highest BCUT2D eigenvalue weighted by Gasteiger charge is 2.49. The first-order valence-corrected chi connectivity index (χ1v) is 15.6. The van der Waals surface area contributed by atoms with Crippen molar-refractivity contribution >= 4 is 55.8 Å². The third kappa shape index (κ3) is 3.52. The Kier molecular flexibility index (Phi) is 5.11. The Morgan fingerprint density at radius 2 is 1.00 bits per heavy atom. The van der Waals surface area contributed by atoms with E-state index in [9.17, 15) is 0 Å². The normalized spacial score (nSPS) is 18.0. The molecule has 0 amide bonds. The van der Waals surface area contributed by atoms with Gasteiger partial charge in [0.05, 0.1) is 12.1 Å². The van der Waals surface area contributed by atoms with E-state index in [1.807, 2.05) is 12.1 Å². The number of nitrogens with zero attached hydrogens (tertiary/aromatic N) is 2. The van der Waals surface area contributed by atoms with Gasteiger partial charge in [0.25, 0.3) is 0 Å². The second-order valence-corrected chi connectivity index (χ2v) is 12.1. The van der Waals surface area contributed by atoms with Crippen molar-refractivity contribution in [1.82, 2.24) is 0 Å². The minimum absolute atomic E-state index is 0.102. The molecule has 0 spiro atoms. The van der Waals surface area contributed by atoms with Crippen LogP contribution in [0.1, 0.15) is 11.1 Å². The van der Waals surface area contributed by atoms with E-state index in [1.165, 1.54) is 56.1 Å². The van der Waals surface area contributed by atoms with Crippen molar-refractivity contribution in [3.8, 4) is 11.1 Å². The molecular weight excluding hydrogens is 548 g/mol. The molecule has 1 aromatic heterocycles. The van der Waals surface area contributed by atoms with Crippen LogP contribution in [0.15, 0.2) is 162 Å². The van der Waals surface area contributed by atoms with Gasteiger partial charge in [-0.15, -0.1) is 0 Å². The van der Waals surface area contributed by atoms with Gasteiger partial charge in [0.2, 0.25) is 0 Å². The lowest BCUT2D eigenvalue weighted by atomic mass is 9.85. The summed E-state index contributed by atoms with van der Waals surface area (Å²) in [6.45, 7) is 0. The molecule has 212 valence electrons. The Labute approximate surface area is 261 Å². The number of fused-ring (bicyclic) bond motifs is 10. The average Bonchev–Trinajstić information content (AvgIpc) is 3.76. The van der Waals surface area contributed by atoms with Crippen molar-refractivity contribution in [1.29, 1.82) is 0 Å². The standard InChI is InChI=1S/C42H28N2O/c1-2-12-29(13-3-1)43-37-18-7-4-15-31(37)34-22-23-35-32-16-5-8-19-38(32)44(42(35)41(34)43)30-14-10-11-27(25-30)28-21-24-40-36(26-28)33-17-6-9-20-39(33)45-40/h1-26,41-42H. The van der Waals surface area contributed by atoms with Crippen LogP contribution in [0.5, 0.6) is 0 Å². The zero-order valence-electron chi connectivity index (χ0n) is 24.5. The number of furan rings is 1. The summed E-state index contributed by atoms with van der Waals surface area (Å²) in [4.78, 5) is 5.13. The molecule has 0 bridgehead atoms. The minimum Gasteiger partial charge on any atom is -0.456 e. The summed E-state index contributed by atoms with van der Waals surface area (Å²) < 4.78 is 6.14. The van der Waals surface area contributed by atoms with Gasteiger partial charge in [0.1, 0.15) is 11.2 Å². The second-order valence-electron chi connectivity index (χ2n) is 12.1. The van der Waals surface area contributed by atoms with Gasteiger partial charge in [-0.25, -0.2) is 0 Å². The molecule has 7 aromatic rings. The fourth-order valence-electron chi connectivity index (χ4n) is 7.86. The van der Waals surface area contributed by atoms with Gasteiger partial charge in [-0.05, 0) is 76.9 Å². The highest BCUT2D eigenvalue weighted by molar-refractivity contribution is 6.07. The Morgan fingerprint density at radius 3 is 1.76 bits per heavy atom. The summed E-state index contributed by atoms with van der Waals surface area (Å²) >= 11 is 0. The van der Waals surface area contributed by atoms with Crippen molar-refractivity contribution in [2.75, 3.05) is 9.80 Å². The van der Waals surface area contributed by atoms with Gasteiger partial charge in [-0.1, -0.05) is 103 Å². The Morgan fingerprint density at radius 1 is 0.422 bits per heavy atom. The van der Waals surface area contributed by atoms with Crippen LogP contribution >= 0.6 is 0 Å². The van der Waals surface area contributed by atoms with Crippen LogP contribution < -0.4 is 9.80 Å². The highest BCUT2D eigenvalue weighted by atomic mass is 16.3. The van der Waals surface area contributed by atoms with Crippen LogP contribution in [0.25, 0.3) is 44.2 Å². The van der Waals surface area contributed by atoms with Crippen molar-refractivity contribution in [2.45, 2.75) is 12.1 Å². The zero-order chi connectivity index (χ0) is 29.5. The second kappa shape index (κ2) is 9.35. The van der Waals surface area contributed by atoms with Crippen molar-refractivity contribution < 1.29 is 4.42 Å². The molecule has 0 saturated heterocycles. The van der Waals surface area contributed by atoms with E-state index in [0.717, 1.165) is 21.9 Å². The molecule has 2 atom stereocenters. The lowest BCUT2D eigenvalue weighted by Gasteiger charge is -2.40. The highest BCUT2D eigenvalue weighted by Crippen LogP contribution is 2.56. The number of benzene rings is 6. The fourth-order valence-corrected chi connectivity index (χ4v) is 7.86. The van der Waals surface area contributed by atoms with Crippen LogP contribution in [0.2, 0.25) is 0 Å². The Bertz CT molecular complexity index is 2360. The maximum absolute atomic E-state index is 6.14. The average molecular weight is 577 g/mol. The fraction of sp³-hybridized carbons (Fsp3) is 0.0476.